The summed E-state index contributed by atoms with van der Waals surface area (Å²) in [6.07, 6.45) is 0. The van der Waals surface area contributed by atoms with Crippen LogP contribution >= 0.6 is 90.7 Å². The summed E-state index contributed by atoms with van der Waals surface area (Å²) in [6, 6.07) is 41.2. The van der Waals surface area contributed by atoms with Crippen LogP contribution in [0.15, 0.2) is 109 Å². The zero-order valence-corrected chi connectivity index (χ0v) is 39.1. The lowest BCUT2D eigenvalue weighted by atomic mass is 10.1. The highest BCUT2D eigenvalue weighted by molar-refractivity contribution is 7.46. The number of fused-ring (bicyclic) bond motifs is 17. The second-order valence-corrected chi connectivity index (χ2v) is 24.3. The van der Waals surface area contributed by atoms with Gasteiger partial charge in [0.15, 0.2) is 0 Å². The maximum absolute atomic E-state index is 2.63. The van der Waals surface area contributed by atoms with E-state index in [0.717, 1.165) is 0 Å². The van der Waals surface area contributed by atoms with Crippen molar-refractivity contribution < 1.29 is 0 Å². The van der Waals surface area contributed by atoms with Gasteiger partial charge in [-0.05, 0) is 75.2 Å². The highest BCUT2D eigenvalue weighted by Crippen LogP contribution is 2.59. The highest BCUT2D eigenvalue weighted by Gasteiger charge is 2.31. The van der Waals surface area contributed by atoms with E-state index in [9.17, 15) is 0 Å². The topological polar surface area (TPSA) is 9.86 Å². The van der Waals surface area contributed by atoms with E-state index >= 15 is 0 Å². The number of hydrogen-bond acceptors (Lipinski definition) is 8. The fraction of sp³-hybridized carbons (Fsp3) is 0.0800. The summed E-state index contributed by atoms with van der Waals surface area (Å²) in [5.74, 6) is 0. The molecule has 14 rings (SSSR count). The monoisotopic (exact) mass is 914 g/mol. The van der Waals surface area contributed by atoms with E-state index in [4.69, 9.17) is 0 Å². The van der Waals surface area contributed by atoms with Gasteiger partial charge in [0.25, 0.3) is 0 Å². The quantitative estimate of drug-likeness (QED) is 0.166. The Balaban J connectivity index is 1.06. The van der Waals surface area contributed by atoms with E-state index < -0.39 is 0 Å². The zero-order valence-electron chi connectivity index (χ0n) is 32.6. The van der Waals surface area contributed by atoms with Crippen LogP contribution in [0.4, 0.5) is 0 Å². The normalized spacial score (nSPS) is 12.7. The molecule has 10 aromatic heterocycles. The van der Waals surface area contributed by atoms with E-state index in [0.29, 0.717) is 0 Å². The van der Waals surface area contributed by atoms with Crippen LogP contribution in [0.25, 0.3) is 120 Å². The minimum Gasteiger partial charge on any atom is -0.305 e. The molecule has 14 aromatic rings. The van der Waals surface area contributed by atoms with Gasteiger partial charge in [-0.3, -0.25) is 0 Å². The second kappa shape index (κ2) is 12.5. The van der Waals surface area contributed by atoms with Crippen LogP contribution < -0.4 is 0 Å². The van der Waals surface area contributed by atoms with Gasteiger partial charge in [0.1, 0.15) is 0 Å². The Morgan fingerprint density at radius 3 is 0.900 bits per heavy atom. The predicted molar refractivity (Wildman–Crippen MR) is 275 cm³/mol. The molecule has 288 valence electrons. The molecule has 10 heterocycles. The largest absolute Gasteiger partial charge is 0.305 e. The third kappa shape index (κ3) is 4.76. The second-order valence-electron chi connectivity index (χ2n) is 16.0. The number of aromatic nitrogens is 2. The summed E-state index contributed by atoms with van der Waals surface area (Å²) >= 11 is 15.9. The van der Waals surface area contributed by atoms with Crippen LogP contribution in [0.2, 0.25) is 0 Å². The molecule has 0 saturated heterocycles. The van der Waals surface area contributed by atoms with Crippen molar-refractivity contribution in [3.05, 3.63) is 131 Å². The molecule has 0 bridgehead atoms. The minimum atomic E-state index is 1.24. The maximum Gasteiger partial charge on any atom is 0.0838 e. The van der Waals surface area contributed by atoms with E-state index in [-0.39, 0.29) is 0 Å². The number of aryl methyl sites for hydroxylation is 4. The van der Waals surface area contributed by atoms with Crippen molar-refractivity contribution in [1.29, 1.82) is 0 Å². The summed E-state index contributed by atoms with van der Waals surface area (Å²) in [5, 5.41) is 0. The summed E-state index contributed by atoms with van der Waals surface area (Å²) in [7, 11) is 0. The number of nitrogens with zero attached hydrogens (tertiary/aromatic N) is 2. The molecular weight excluding hydrogens is 885 g/mol. The first-order valence-corrected chi connectivity index (χ1v) is 26.3. The average Bonchev–Trinajstić information content (AvgIpc) is 4.10. The van der Waals surface area contributed by atoms with E-state index in [1.165, 1.54) is 142 Å². The van der Waals surface area contributed by atoms with E-state index in [1.807, 2.05) is 90.7 Å². The van der Waals surface area contributed by atoms with Gasteiger partial charge in [-0.15, -0.1) is 90.7 Å². The number of benzene rings is 4. The van der Waals surface area contributed by atoms with Crippen molar-refractivity contribution in [2.75, 3.05) is 0 Å². The highest BCUT2D eigenvalue weighted by atomic mass is 32.1. The lowest BCUT2D eigenvalue weighted by Gasteiger charge is -2.08. The zero-order chi connectivity index (χ0) is 39.7. The lowest BCUT2D eigenvalue weighted by molar-refractivity contribution is 1.19. The smallest absolute Gasteiger partial charge is 0.0838 e. The molecule has 0 fully saturated rings. The maximum atomic E-state index is 2.63. The molecule has 0 unspecified atom stereocenters. The van der Waals surface area contributed by atoms with Gasteiger partial charge in [-0.1, -0.05) is 95.1 Å². The lowest BCUT2D eigenvalue weighted by Crippen LogP contribution is -1.93. The summed E-state index contributed by atoms with van der Waals surface area (Å²) in [5.41, 5.74) is 15.7. The Labute approximate surface area is 375 Å². The van der Waals surface area contributed by atoms with Gasteiger partial charge in [0, 0.05) is 30.5 Å². The van der Waals surface area contributed by atoms with E-state index in [1.54, 1.807) is 0 Å². The van der Waals surface area contributed by atoms with Crippen molar-refractivity contribution in [1.82, 2.24) is 9.13 Å². The summed E-state index contributed by atoms with van der Waals surface area (Å²) < 4.78 is 25.1. The van der Waals surface area contributed by atoms with Crippen molar-refractivity contribution >= 4 is 179 Å². The van der Waals surface area contributed by atoms with Crippen LogP contribution in [0, 0.1) is 27.7 Å². The Morgan fingerprint density at radius 2 is 0.567 bits per heavy atom. The molecule has 0 spiro atoms. The molecule has 4 aromatic carbocycles. The van der Waals surface area contributed by atoms with Gasteiger partial charge in [0.2, 0.25) is 0 Å². The molecule has 0 aliphatic heterocycles. The van der Waals surface area contributed by atoms with Crippen LogP contribution in [-0.2, 0) is 0 Å². The van der Waals surface area contributed by atoms with Crippen molar-refractivity contribution in [3.8, 4) is 32.3 Å². The number of thiophene rings is 8. The first kappa shape index (κ1) is 35.0. The van der Waals surface area contributed by atoms with E-state index in [2.05, 4.69) is 146 Å². The summed E-state index contributed by atoms with van der Waals surface area (Å²) in [4.78, 5) is 2.70. The standard InChI is InChI=1S/C50H30N2S8/c1-23-5-13-27(14-6-23)31-21-33-39(53-31)49-47(55-33)37-45(59-49)43-35(51(37)29-17-9-25(3)10-18-29)41-42(57-43)36-44(58-41)46-38(52(36)30-19-11-26(4)12-20-30)48-50(60-46)40-34(56-48)22-32(54-40)28-15-7-24(2)8-16-28/h5-22H,1-4H3. The van der Waals surface area contributed by atoms with Crippen molar-refractivity contribution in [2.45, 2.75) is 27.7 Å². The first-order chi connectivity index (χ1) is 29.3. The van der Waals surface area contributed by atoms with Crippen LogP contribution in [0.3, 0.4) is 0 Å². The van der Waals surface area contributed by atoms with Crippen LogP contribution in [-0.4, -0.2) is 9.13 Å². The Kier molecular flexibility index (Phi) is 7.29. The van der Waals surface area contributed by atoms with Crippen LogP contribution in [0.5, 0.6) is 0 Å². The predicted octanol–water partition coefficient (Wildman–Crippen LogP) is 18.7. The van der Waals surface area contributed by atoms with Gasteiger partial charge in [-0.2, -0.15) is 0 Å². The van der Waals surface area contributed by atoms with Crippen LogP contribution in [0.1, 0.15) is 22.3 Å². The molecule has 0 saturated carbocycles. The Bertz CT molecular complexity index is 3790. The first-order valence-electron chi connectivity index (χ1n) is 19.8. The molecular formula is C50H30N2S8. The molecule has 0 aliphatic carbocycles. The van der Waals surface area contributed by atoms with Gasteiger partial charge < -0.3 is 9.13 Å². The molecule has 2 nitrogen and oxygen atoms in total. The van der Waals surface area contributed by atoms with Gasteiger partial charge in [-0.25, -0.2) is 0 Å². The average molecular weight is 915 g/mol. The molecule has 0 amide bonds. The fourth-order valence-corrected chi connectivity index (χ4v) is 20.5. The summed E-state index contributed by atoms with van der Waals surface area (Å²) in [6.45, 7) is 8.71. The molecule has 0 radical (unpaired) electrons. The fourth-order valence-electron chi connectivity index (χ4n) is 8.93. The Morgan fingerprint density at radius 1 is 0.283 bits per heavy atom. The van der Waals surface area contributed by atoms with Gasteiger partial charge in [0.05, 0.1) is 78.5 Å². The van der Waals surface area contributed by atoms with Crippen molar-refractivity contribution in [2.24, 2.45) is 0 Å². The number of rotatable bonds is 4. The molecule has 0 aliphatic rings. The third-order valence-electron chi connectivity index (χ3n) is 12.0. The minimum absolute atomic E-state index is 1.24. The van der Waals surface area contributed by atoms with Gasteiger partial charge >= 0.3 is 0 Å². The Hall–Kier alpha value is -4.62. The molecule has 0 N–H and O–H groups in total. The molecule has 0 atom stereocenters. The SMILES string of the molecule is Cc1ccc(-c2cc3sc4c(sc5c6sc7c(sc8c9sc%10c%11sc(-c%12ccc(C)cc%12)cc%11sc%10c9n(-c9ccc(C)cc9)c87)c6n(-c6ccc(C)cc6)c45)c3s2)cc1. The molecule has 60 heavy (non-hydrogen) atoms. The molecule has 10 heteroatoms. The number of hydrogen-bond donors (Lipinski definition) is 0. The third-order valence-corrected chi connectivity index (χ3v) is 22.6. The van der Waals surface area contributed by atoms with Crippen molar-refractivity contribution in [3.63, 3.8) is 0 Å².